The van der Waals surface area contributed by atoms with E-state index in [-0.39, 0.29) is 0 Å². The number of rotatable bonds is 0. The van der Waals surface area contributed by atoms with Crippen molar-refractivity contribution in [3.8, 4) is 0 Å². The van der Waals surface area contributed by atoms with Gasteiger partial charge in [-0.15, -0.1) is 0 Å². The zero-order chi connectivity index (χ0) is 13.0. The van der Waals surface area contributed by atoms with Crippen LogP contribution in [-0.2, 0) is 29.7 Å². The molecule has 4 N–H and O–H groups in total. The fourth-order valence-electron chi connectivity index (χ4n) is 1.03. The molecule has 9 heteroatoms. The van der Waals surface area contributed by atoms with E-state index in [0.29, 0.717) is 0 Å². The first-order chi connectivity index (χ1) is 8.00. The Labute approximate surface area is 107 Å². The highest BCUT2D eigenvalue weighted by molar-refractivity contribution is 8.26. The summed E-state index contributed by atoms with van der Waals surface area (Å²) in [7, 11) is -3.83. The van der Waals surface area contributed by atoms with Crippen LogP contribution in [0.4, 0.5) is 0 Å². The van der Waals surface area contributed by atoms with Gasteiger partial charge in [0.15, 0.2) is 0 Å². The van der Waals surface area contributed by atoms with Gasteiger partial charge in [0.2, 0.25) is 0 Å². The molecule has 0 bridgehead atoms. The first-order valence-electron chi connectivity index (χ1n) is 5.27. The van der Waals surface area contributed by atoms with Gasteiger partial charge < -0.3 is 20.1 Å². The summed E-state index contributed by atoms with van der Waals surface area (Å²) in [6.45, 7) is 7.67. The summed E-state index contributed by atoms with van der Waals surface area (Å²) >= 11 is 3.47. The fraction of sp³-hybridized carbons (Fsp3) is 1.00. The minimum absolute atomic E-state index is 0.889. The second-order valence-corrected chi connectivity index (χ2v) is 5.37. The molecule has 2 aliphatic rings. The molecule has 2 saturated heterocycles. The second kappa shape index (κ2) is 11.2. The molecule has 104 valence electrons. The van der Waals surface area contributed by atoms with E-state index in [1.165, 1.54) is 0 Å². The summed E-state index contributed by atoms with van der Waals surface area (Å²) in [5, 5.41) is 6.32. The van der Waals surface area contributed by atoms with E-state index in [2.05, 4.69) is 21.8 Å². The topological polar surface area (TPSA) is 100 Å². The van der Waals surface area contributed by atoms with Gasteiger partial charge >= 0.3 is 0 Å². The Bertz CT molecular complexity index is 210. The monoisotopic (exact) mass is 288 g/mol. The van der Waals surface area contributed by atoms with E-state index in [1.807, 2.05) is 0 Å². The molecular weight excluding hydrogens is 268 g/mol. The Morgan fingerprint density at radius 2 is 1.12 bits per heavy atom. The van der Waals surface area contributed by atoms with Crippen molar-refractivity contribution < 1.29 is 22.8 Å². The number of nitrogens with one attached hydrogen (secondary N) is 2. The second-order valence-electron chi connectivity index (χ2n) is 3.17. The van der Waals surface area contributed by atoms with Crippen molar-refractivity contribution in [3.05, 3.63) is 0 Å². The van der Waals surface area contributed by atoms with Crippen LogP contribution in [0.5, 0.6) is 0 Å². The Balaban J connectivity index is 0.000000228. The van der Waals surface area contributed by atoms with Gasteiger partial charge in [0.25, 0.3) is 9.05 Å². The third-order valence-electron chi connectivity index (χ3n) is 1.69. The lowest BCUT2D eigenvalue weighted by Gasteiger charge is -2.10. The molecule has 0 unspecified atom stereocenters. The van der Waals surface area contributed by atoms with E-state index in [1.54, 1.807) is 0 Å². The molecule has 2 fully saturated rings. The van der Waals surface area contributed by atoms with E-state index in [9.17, 15) is 0 Å². The van der Waals surface area contributed by atoms with Crippen molar-refractivity contribution in [1.29, 1.82) is 0 Å². The maximum Gasteiger partial charge on any atom is 0.263 e. The fourth-order valence-corrected chi connectivity index (χ4v) is 1.03. The van der Waals surface area contributed by atoms with Crippen LogP contribution in [0.1, 0.15) is 0 Å². The molecule has 0 saturated carbocycles. The molecule has 17 heavy (non-hydrogen) atoms. The molecule has 0 amide bonds. The normalized spacial score (nSPS) is 20.4. The summed E-state index contributed by atoms with van der Waals surface area (Å²) in [6.07, 6.45) is 0. The molecular formula is C8H20N2O5S2. The molecule has 0 spiro atoms. The van der Waals surface area contributed by atoms with Crippen LogP contribution in [0.15, 0.2) is 0 Å². The lowest BCUT2D eigenvalue weighted by atomic mass is 10.5. The highest BCUT2D eigenvalue weighted by Gasteiger charge is 1.93. The lowest BCUT2D eigenvalue weighted by Crippen LogP contribution is -2.30. The smallest absolute Gasteiger partial charge is 0.263 e. The van der Waals surface area contributed by atoms with E-state index < -0.39 is 9.05 Å². The van der Waals surface area contributed by atoms with Crippen LogP contribution in [0.25, 0.3) is 0 Å². The predicted molar refractivity (Wildman–Crippen MR) is 68.1 cm³/mol. The van der Waals surface area contributed by atoms with Crippen LogP contribution in [-0.4, -0.2) is 65.9 Å². The molecule has 2 aliphatic heterocycles. The summed E-state index contributed by atoms with van der Waals surface area (Å²) in [5.41, 5.74) is 0. The first kappa shape index (κ1) is 17.1. The molecule has 0 radical (unpaired) electrons. The largest absolute Gasteiger partial charge is 0.379 e. The van der Waals surface area contributed by atoms with Crippen LogP contribution in [0.3, 0.4) is 0 Å². The SMILES string of the molecule is C1COCCN1.C1COCCN1.O=S(O)(O)=S. The zero-order valence-electron chi connectivity index (χ0n) is 9.59. The van der Waals surface area contributed by atoms with Gasteiger partial charge in [-0.05, 0) is 0 Å². The van der Waals surface area contributed by atoms with Gasteiger partial charge in [-0.1, -0.05) is 0 Å². The quantitative estimate of drug-likeness (QED) is 0.445. The van der Waals surface area contributed by atoms with Crippen LogP contribution in [0, 0.1) is 0 Å². The molecule has 0 aromatic carbocycles. The third kappa shape index (κ3) is 21.9. The highest BCUT2D eigenvalue weighted by atomic mass is 32.9. The van der Waals surface area contributed by atoms with Gasteiger partial charge in [-0.2, -0.15) is 4.21 Å². The number of morpholine rings is 2. The first-order valence-corrected chi connectivity index (χ1v) is 7.66. The maximum absolute atomic E-state index is 9.11. The van der Waals surface area contributed by atoms with Crippen molar-refractivity contribution >= 4 is 20.2 Å². The average Bonchev–Trinajstić information content (AvgIpc) is 2.32. The zero-order valence-corrected chi connectivity index (χ0v) is 11.2. The average molecular weight is 288 g/mol. The van der Waals surface area contributed by atoms with Crippen LogP contribution >= 0.6 is 0 Å². The van der Waals surface area contributed by atoms with Crippen molar-refractivity contribution in [2.75, 3.05) is 52.6 Å². The van der Waals surface area contributed by atoms with E-state index in [4.69, 9.17) is 22.8 Å². The molecule has 2 rings (SSSR count). The predicted octanol–water partition coefficient (Wildman–Crippen LogP) is -1.11. The Morgan fingerprint density at radius 1 is 0.882 bits per heavy atom. The van der Waals surface area contributed by atoms with Crippen LogP contribution in [0.2, 0.25) is 0 Å². The maximum atomic E-state index is 9.11. The molecule has 7 nitrogen and oxygen atoms in total. The Kier molecular flexibility index (Phi) is 11.3. The van der Waals surface area contributed by atoms with Crippen molar-refractivity contribution in [3.63, 3.8) is 0 Å². The standard InChI is InChI=1S/2C4H9NO.H2O3S2/c2*1-3-6-4-2-5-1;1-5(2,3)4/h2*5H,1-4H2;(H2,1,2,3,4). The summed E-state index contributed by atoms with van der Waals surface area (Å²) < 4.78 is 34.0. The molecule has 0 aliphatic carbocycles. The molecule has 0 aromatic heterocycles. The third-order valence-corrected chi connectivity index (χ3v) is 1.69. The lowest BCUT2D eigenvalue weighted by molar-refractivity contribution is 0.109. The van der Waals surface area contributed by atoms with Crippen molar-refractivity contribution in [1.82, 2.24) is 10.6 Å². The van der Waals surface area contributed by atoms with Crippen molar-refractivity contribution in [2.45, 2.75) is 0 Å². The summed E-state index contributed by atoms with van der Waals surface area (Å²) in [6, 6.07) is 0. The van der Waals surface area contributed by atoms with Crippen LogP contribution < -0.4 is 10.6 Å². The minimum atomic E-state index is -3.83. The van der Waals surface area contributed by atoms with Gasteiger partial charge in [0.05, 0.1) is 26.4 Å². The van der Waals surface area contributed by atoms with Gasteiger partial charge in [0.1, 0.15) is 0 Å². The minimum Gasteiger partial charge on any atom is -0.379 e. The van der Waals surface area contributed by atoms with E-state index in [0.717, 1.165) is 52.6 Å². The summed E-state index contributed by atoms with van der Waals surface area (Å²) in [5.74, 6) is 0. The van der Waals surface area contributed by atoms with Gasteiger partial charge in [0, 0.05) is 37.4 Å². The Hall–Kier alpha value is 0.130. The molecule has 0 aromatic rings. The summed E-state index contributed by atoms with van der Waals surface area (Å²) in [4.78, 5) is 0. The van der Waals surface area contributed by atoms with Gasteiger partial charge in [-0.25, -0.2) is 0 Å². The Morgan fingerprint density at radius 3 is 1.18 bits per heavy atom. The molecule has 2 heterocycles. The molecule has 0 atom stereocenters. The highest BCUT2D eigenvalue weighted by Crippen LogP contribution is 1.77. The van der Waals surface area contributed by atoms with E-state index >= 15 is 0 Å². The van der Waals surface area contributed by atoms with Gasteiger partial charge in [-0.3, -0.25) is 9.11 Å². The number of hydrogen-bond acceptors (Lipinski definition) is 6. The number of hydrogen-bond donors (Lipinski definition) is 4. The van der Waals surface area contributed by atoms with Crippen molar-refractivity contribution in [2.24, 2.45) is 0 Å². The number of ether oxygens (including phenoxy) is 2.